The molecule has 1 N–H and O–H groups in total. The molecule has 2 nitrogen and oxygen atoms in total. The Balaban J connectivity index is 1.73. The quantitative estimate of drug-likeness (QED) is 0.456. The van der Waals surface area contributed by atoms with Gasteiger partial charge in [0, 0.05) is 22.4 Å². The minimum Gasteiger partial charge on any atom is -0.339 e. The van der Waals surface area contributed by atoms with E-state index in [1.54, 1.807) is 0 Å². The number of hydrogen-bond donors (Lipinski definition) is 1. The maximum absolute atomic E-state index is 4.94. The summed E-state index contributed by atoms with van der Waals surface area (Å²) in [7, 11) is 0. The molecule has 0 bridgehead atoms. The molecule has 1 aliphatic heterocycles. The second kappa shape index (κ2) is 5.60. The number of nitrogens with one attached hydrogen (secondary N) is 1. The second-order valence-corrected chi connectivity index (χ2v) is 6.21. The SMILES string of the molecule is c1ccc2c(c1)N=C(c1ccc3ccccc3c1)Nc1ccccc1-2. The van der Waals surface area contributed by atoms with E-state index in [0.29, 0.717) is 0 Å². The van der Waals surface area contributed by atoms with Gasteiger partial charge in [0.25, 0.3) is 0 Å². The van der Waals surface area contributed by atoms with Crippen LogP contribution in [0.25, 0.3) is 21.9 Å². The van der Waals surface area contributed by atoms with Crippen LogP contribution in [0.1, 0.15) is 5.56 Å². The second-order valence-electron chi connectivity index (χ2n) is 6.21. The van der Waals surface area contributed by atoms with Gasteiger partial charge >= 0.3 is 0 Å². The van der Waals surface area contributed by atoms with Gasteiger partial charge in [0.05, 0.1) is 5.69 Å². The van der Waals surface area contributed by atoms with Crippen LogP contribution in [0.5, 0.6) is 0 Å². The molecule has 4 aromatic rings. The highest BCUT2D eigenvalue weighted by Crippen LogP contribution is 2.38. The number of nitrogens with zero attached hydrogens (tertiary/aromatic N) is 1. The number of fused-ring (bicyclic) bond motifs is 4. The van der Waals surface area contributed by atoms with Crippen LogP contribution in [0.15, 0.2) is 96.0 Å². The summed E-state index contributed by atoms with van der Waals surface area (Å²) in [6, 6.07) is 31.5. The van der Waals surface area contributed by atoms with Crippen LogP contribution in [-0.2, 0) is 0 Å². The Morgan fingerprint density at radius 2 is 1.32 bits per heavy atom. The summed E-state index contributed by atoms with van der Waals surface area (Å²) in [6.45, 7) is 0. The van der Waals surface area contributed by atoms with Crippen molar-refractivity contribution in [3.05, 3.63) is 96.6 Å². The van der Waals surface area contributed by atoms with E-state index < -0.39 is 0 Å². The molecular formula is C23H16N2. The van der Waals surface area contributed by atoms with Crippen molar-refractivity contribution < 1.29 is 0 Å². The Kier molecular flexibility index (Phi) is 3.14. The average molecular weight is 320 g/mol. The Morgan fingerprint density at radius 3 is 2.24 bits per heavy atom. The standard InChI is InChI=1S/C23H16N2/c1-2-8-17-15-18(14-13-16(17)7-1)23-24-21-11-5-3-9-19(21)20-10-4-6-12-22(20)25-23/h1-15H,(H,24,25). The molecule has 1 heterocycles. The van der Waals surface area contributed by atoms with E-state index in [1.807, 2.05) is 6.07 Å². The zero-order valence-electron chi connectivity index (χ0n) is 13.6. The van der Waals surface area contributed by atoms with Gasteiger partial charge in [0.1, 0.15) is 5.84 Å². The van der Waals surface area contributed by atoms with Gasteiger partial charge in [-0.3, -0.25) is 0 Å². The van der Waals surface area contributed by atoms with Crippen LogP contribution in [0.4, 0.5) is 11.4 Å². The molecule has 5 rings (SSSR count). The number of benzene rings is 4. The number of aliphatic imine (C=N–C) groups is 1. The van der Waals surface area contributed by atoms with Crippen LogP contribution in [-0.4, -0.2) is 5.84 Å². The fraction of sp³-hybridized carbons (Fsp3) is 0. The van der Waals surface area contributed by atoms with Crippen LogP contribution in [0.3, 0.4) is 0 Å². The molecule has 0 atom stereocenters. The lowest BCUT2D eigenvalue weighted by Gasteiger charge is -2.11. The van der Waals surface area contributed by atoms with Gasteiger partial charge in [-0.15, -0.1) is 0 Å². The van der Waals surface area contributed by atoms with Gasteiger partial charge in [0.2, 0.25) is 0 Å². The molecule has 0 saturated carbocycles. The summed E-state index contributed by atoms with van der Waals surface area (Å²) >= 11 is 0. The normalized spacial score (nSPS) is 12.6. The van der Waals surface area contributed by atoms with Crippen molar-refractivity contribution in [2.45, 2.75) is 0 Å². The number of anilines is 1. The first-order chi connectivity index (χ1) is 12.4. The maximum atomic E-state index is 4.94. The predicted molar refractivity (Wildman–Crippen MR) is 106 cm³/mol. The van der Waals surface area contributed by atoms with Crippen molar-refractivity contribution in [2.24, 2.45) is 4.99 Å². The van der Waals surface area contributed by atoms with Crippen molar-refractivity contribution in [1.29, 1.82) is 0 Å². The summed E-state index contributed by atoms with van der Waals surface area (Å²) in [4.78, 5) is 4.94. The molecule has 118 valence electrons. The smallest absolute Gasteiger partial charge is 0.138 e. The third kappa shape index (κ3) is 2.39. The minimum atomic E-state index is 0.878. The molecule has 0 aromatic heterocycles. The lowest BCUT2D eigenvalue weighted by molar-refractivity contribution is 1.50. The van der Waals surface area contributed by atoms with E-state index >= 15 is 0 Å². The zero-order valence-corrected chi connectivity index (χ0v) is 13.6. The van der Waals surface area contributed by atoms with E-state index in [0.717, 1.165) is 28.3 Å². The molecule has 0 amide bonds. The zero-order chi connectivity index (χ0) is 16.6. The number of rotatable bonds is 1. The molecular weight excluding hydrogens is 304 g/mol. The lowest BCUT2D eigenvalue weighted by Crippen LogP contribution is -2.12. The van der Waals surface area contributed by atoms with Crippen molar-refractivity contribution in [3.8, 4) is 11.1 Å². The summed E-state index contributed by atoms with van der Waals surface area (Å²) in [6.07, 6.45) is 0. The molecule has 0 spiro atoms. The predicted octanol–water partition coefficient (Wildman–Crippen LogP) is 6.01. The van der Waals surface area contributed by atoms with Gasteiger partial charge in [-0.25, -0.2) is 4.99 Å². The molecule has 25 heavy (non-hydrogen) atoms. The third-order valence-corrected chi connectivity index (χ3v) is 4.63. The van der Waals surface area contributed by atoms with E-state index in [4.69, 9.17) is 4.99 Å². The maximum Gasteiger partial charge on any atom is 0.138 e. The van der Waals surface area contributed by atoms with Crippen molar-refractivity contribution >= 4 is 28.0 Å². The van der Waals surface area contributed by atoms with Crippen molar-refractivity contribution in [1.82, 2.24) is 0 Å². The van der Waals surface area contributed by atoms with Gasteiger partial charge < -0.3 is 5.32 Å². The number of hydrogen-bond acceptors (Lipinski definition) is 2. The first kappa shape index (κ1) is 14.0. The molecule has 0 fully saturated rings. The molecule has 2 heteroatoms. The van der Waals surface area contributed by atoms with Crippen LogP contribution in [0, 0.1) is 0 Å². The molecule has 0 unspecified atom stereocenters. The average Bonchev–Trinajstić information content (AvgIpc) is 2.84. The monoisotopic (exact) mass is 320 g/mol. The largest absolute Gasteiger partial charge is 0.339 e. The minimum absolute atomic E-state index is 0.878. The topological polar surface area (TPSA) is 24.4 Å². The Hall–Kier alpha value is -3.39. The molecule has 4 aromatic carbocycles. The van der Waals surface area contributed by atoms with Gasteiger partial charge in [0.15, 0.2) is 0 Å². The van der Waals surface area contributed by atoms with E-state index in [9.17, 15) is 0 Å². The third-order valence-electron chi connectivity index (χ3n) is 4.63. The molecule has 0 radical (unpaired) electrons. The molecule has 0 saturated heterocycles. The van der Waals surface area contributed by atoms with Gasteiger partial charge in [-0.05, 0) is 29.0 Å². The van der Waals surface area contributed by atoms with Crippen molar-refractivity contribution in [3.63, 3.8) is 0 Å². The molecule has 0 aliphatic carbocycles. The first-order valence-corrected chi connectivity index (χ1v) is 8.42. The van der Waals surface area contributed by atoms with Crippen LogP contribution in [0.2, 0.25) is 0 Å². The van der Waals surface area contributed by atoms with Crippen molar-refractivity contribution in [2.75, 3.05) is 5.32 Å². The van der Waals surface area contributed by atoms with E-state index in [1.165, 1.54) is 16.3 Å². The summed E-state index contributed by atoms with van der Waals surface area (Å²) in [5.74, 6) is 0.878. The van der Waals surface area contributed by atoms with Crippen LogP contribution >= 0.6 is 0 Å². The number of para-hydroxylation sites is 2. The highest BCUT2D eigenvalue weighted by molar-refractivity contribution is 6.14. The Labute approximate surface area is 146 Å². The highest BCUT2D eigenvalue weighted by atomic mass is 15.0. The van der Waals surface area contributed by atoms with Gasteiger partial charge in [-0.2, -0.15) is 0 Å². The lowest BCUT2D eigenvalue weighted by atomic mass is 10.0. The van der Waals surface area contributed by atoms with E-state index in [-0.39, 0.29) is 0 Å². The summed E-state index contributed by atoms with van der Waals surface area (Å²) < 4.78 is 0. The fourth-order valence-electron chi connectivity index (χ4n) is 3.38. The summed E-state index contributed by atoms with van der Waals surface area (Å²) in [5, 5.41) is 5.99. The highest BCUT2D eigenvalue weighted by Gasteiger charge is 2.16. The van der Waals surface area contributed by atoms with E-state index in [2.05, 4.69) is 90.2 Å². The fourth-order valence-corrected chi connectivity index (χ4v) is 3.38. The first-order valence-electron chi connectivity index (χ1n) is 8.42. The van der Waals surface area contributed by atoms with Gasteiger partial charge in [-0.1, -0.05) is 72.8 Å². The molecule has 1 aliphatic rings. The summed E-state index contributed by atoms with van der Waals surface area (Å²) in [5.41, 5.74) is 5.49. The Morgan fingerprint density at radius 1 is 0.600 bits per heavy atom. The number of amidine groups is 1. The Bertz CT molecular complexity index is 1130. The van der Waals surface area contributed by atoms with Crippen LogP contribution < -0.4 is 5.32 Å².